The summed E-state index contributed by atoms with van der Waals surface area (Å²) < 4.78 is 19.6. The molecular formula is C26H38O4Si. The van der Waals surface area contributed by atoms with Crippen molar-refractivity contribution in [2.45, 2.75) is 76.8 Å². The van der Waals surface area contributed by atoms with Gasteiger partial charge in [0.05, 0.1) is 25.4 Å². The van der Waals surface area contributed by atoms with Crippen molar-refractivity contribution >= 4 is 8.32 Å². The SMILES string of the molecule is CC(C)(C)[Si](C)(C)O[C@H]1C[C@@H](CO)[C@H](OCc2ccccc2)[C@@H]1OCc1ccccc1. The molecule has 4 nitrogen and oxygen atoms in total. The first-order valence-electron chi connectivity index (χ1n) is 11.3. The van der Waals surface area contributed by atoms with Gasteiger partial charge in [0.1, 0.15) is 6.10 Å². The summed E-state index contributed by atoms with van der Waals surface area (Å²) in [5.74, 6) is -0.000691. The molecule has 0 unspecified atom stereocenters. The van der Waals surface area contributed by atoms with Crippen molar-refractivity contribution < 1.29 is 19.0 Å². The van der Waals surface area contributed by atoms with Gasteiger partial charge in [-0.3, -0.25) is 0 Å². The Morgan fingerprint density at radius 2 is 1.32 bits per heavy atom. The molecule has 0 amide bonds. The van der Waals surface area contributed by atoms with Gasteiger partial charge in [0.2, 0.25) is 0 Å². The number of aliphatic hydroxyl groups excluding tert-OH is 1. The van der Waals surface area contributed by atoms with Crippen molar-refractivity contribution in [2.75, 3.05) is 6.61 Å². The van der Waals surface area contributed by atoms with Crippen LogP contribution in [0.15, 0.2) is 60.7 Å². The van der Waals surface area contributed by atoms with E-state index < -0.39 is 8.32 Å². The third-order valence-electron chi connectivity index (χ3n) is 6.75. The summed E-state index contributed by atoms with van der Waals surface area (Å²) in [5, 5.41) is 10.2. The second-order valence-electron chi connectivity index (χ2n) is 10.1. The summed E-state index contributed by atoms with van der Waals surface area (Å²) in [6.07, 6.45) is 0.253. The monoisotopic (exact) mass is 442 g/mol. The van der Waals surface area contributed by atoms with E-state index in [1.54, 1.807) is 0 Å². The van der Waals surface area contributed by atoms with Crippen LogP contribution in [0, 0.1) is 5.92 Å². The van der Waals surface area contributed by atoms with Gasteiger partial charge in [-0.15, -0.1) is 0 Å². The van der Waals surface area contributed by atoms with Crippen molar-refractivity contribution in [1.29, 1.82) is 0 Å². The van der Waals surface area contributed by atoms with Gasteiger partial charge in [-0.05, 0) is 35.7 Å². The van der Waals surface area contributed by atoms with Crippen molar-refractivity contribution in [3.05, 3.63) is 71.8 Å². The molecule has 1 aliphatic carbocycles. The topological polar surface area (TPSA) is 47.9 Å². The summed E-state index contributed by atoms with van der Waals surface area (Å²) in [6.45, 7) is 12.4. The van der Waals surface area contributed by atoms with Gasteiger partial charge in [-0.1, -0.05) is 81.4 Å². The van der Waals surface area contributed by atoms with E-state index in [-0.39, 0.29) is 35.9 Å². The third kappa shape index (κ3) is 6.27. The summed E-state index contributed by atoms with van der Waals surface area (Å²) >= 11 is 0. The van der Waals surface area contributed by atoms with Crippen molar-refractivity contribution in [1.82, 2.24) is 0 Å². The second kappa shape index (κ2) is 10.4. The highest BCUT2D eigenvalue weighted by Gasteiger charge is 2.49. The van der Waals surface area contributed by atoms with Crippen LogP contribution in [0.4, 0.5) is 0 Å². The molecule has 3 rings (SSSR count). The van der Waals surface area contributed by atoms with Crippen LogP contribution in [-0.2, 0) is 27.1 Å². The Hall–Kier alpha value is -1.50. The van der Waals surface area contributed by atoms with Crippen LogP contribution in [0.2, 0.25) is 18.1 Å². The number of hydrogen-bond donors (Lipinski definition) is 1. The lowest BCUT2D eigenvalue weighted by atomic mass is 10.1. The number of benzene rings is 2. The maximum atomic E-state index is 10.1. The van der Waals surface area contributed by atoms with E-state index in [0.717, 1.165) is 17.5 Å². The van der Waals surface area contributed by atoms with E-state index >= 15 is 0 Å². The molecule has 170 valence electrons. The molecule has 2 aromatic rings. The molecule has 0 spiro atoms. The lowest BCUT2D eigenvalue weighted by molar-refractivity contribution is -0.111. The van der Waals surface area contributed by atoms with Crippen LogP contribution >= 0.6 is 0 Å². The summed E-state index contributed by atoms with van der Waals surface area (Å²) in [6, 6.07) is 20.4. The van der Waals surface area contributed by atoms with Gasteiger partial charge >= 0.3 is 0 Å². The average molecular weight is 443 g/mol. The molecule has 4 atom stereocenters. The lowest BCUT2D eigenvalue weighted by Gasteiger charge is -2.40. The Balaban J connectivity index is 1.78. The van der Waals surface area contributed by atoms with E-state index in [2.05, 4.69) is 58.1 Å². The van der Waals surface area contributed by atoms with Gasteiger partial charge in [0.15, 0.2) is 8.32 Å². The fraction of sp³-hybridized carbons (Fsp3) is 0.538. The highest BCUT2D eigenvalue weighted by Crippen LogP contribution is 2.42. The van der Waals surface area contributed by atoms with Crippen LogP contribution in [-0.4, -0.2) is 38.3 Å². The molecule has 2 aromatic carbocycles. The highest BCUT2D eigenvalue weighted by atomic mass is 28.4. The van der Waals surface area contributed by atoms with E-state index in [1.165, 1.54) is 0 Å². The average Bonchev–Trinajstić information content (AvgIpc) is 3.07. The quantitative estimate of drug-likeness (QED) is 0.517. The van der Waals surface area contributed by atoms with Crippen LogP contribution in [0.1, 0.15) is 38.3 Å². The molecule has 1 N–H and O–H groups in total. The smallest absolute Gasteiger partial charge is 0.192 e. The number of ether oxygens (including phenoxy) is 2. The molecule has 1 fully saturated rings. The minimum absolute atomic E-state index is 0.000691. The standard InChI is InChI=1S/C26H38O4Si/c1-26(2,3)31(4,5)30-23-16-22(17-27)24(28-18-20-12-8-6-9-13-20)25(23)29-19-21-14-10-7-11-15-21/h6-15,22-25,27H,16-19H2,1-5H3/t22-,23-,24-,25+/m0/s1. The minimum atomic E-state index is -2.00. The zero-order valence-electron chi connectivity index (χ0n) is 19.6. The number of rotatable bonds is 9. The zero-order valence-corrected chi connectivity index (χ0v) is 20.6. The Kier molecular flexibility index (Phi) is 8.11. The van der Waals surface area contributed by atoms with Crippen molar-refractivity contribution in [3.63, 3.8) is 0 Å². The summed E-state index contributed by atoms with van der Waals surface area (Å²) in [7, 11) is -2.00. The third-order valence-corrected chi connectivity index (χ3v) is 11.3. The predicted octanol–water partition coefficient (Wildman–Crippen LogP) is 5.56. The van der Waals surface area contributed by atoms with Gasteiger partial charge in [-0.25, -0.2) is 0 Å². The first-order chi connectivity index (χ1) is 14.7. The number of aliphatic hydroxyl groups is 1. The van der Waals surface area contributed by atoms with E-state index in [4.69, 9.17) is 13.9 Å². The highest BCUT2D eigenvalue weighted by molar-refractivity contribution is 6.74. The summed E-state index contributed by atoms with van der Waals surface area (Å²) in [5.41, 5.74) is 2.25. The first-order valence-corrected chi connectivity index (χ1v) is 14.2. The first kappa shape index (κ1) is 24.1. The van der Waals surface area contributed by atoms with Crippen LogP contribution in [0.3, 0.4) is 0 Å². The molecule has 31 heavy (non-hydrogen) atoms. The van der Waals surface area contributed by atoms with Gasteiger partial charge in [0, 0.05) is 12.5 Å². The predicted molar refractivity (Wildman–Crippen MR) is 127 cm³/mol. The number of hydrogen-bond acceptors (Lipinski definition) is 4. The lowest BCUT2D eigenvalue weighted by Crippen LogP contribution is -2.47. The minimum Gasteiger partial charge on any atom is -0.411 e. The van der Waals surface area contributed by atoms with Gasteiger partial charge in [0.25, 0.3) is 0 Å². The molecular weight excluding hydrogens is 404 g/mol. The van der Waals surface area contributed by atoms with Crippen LogP contribution < -0.4 is 0 Å². The largest absolute Gasteiger partial charge is 0.411 e. The Bertz CT molecular complexity index is 788. The molecule has 1 aliphatic rings. The summed E-state index contributed by atoms with van der Waals surface area (Å²) in [4.78, 5) is 0. The molecule has 0 aromatic heterocycles. The normalized spacial score (nSPS) is 24.5. The molecule has 5 heteroatoms. The maximum absolute atomic E-state index is 10.1. The zero-order chi connectivity index (χ0) is 22.5. The molecule has 0 radical (unpaired) electrons. The fourth-order valence-electron chi connectivity index (χ4n) is 3.86. The van der Waals surface area contributed by atoms with Crippen molar-refractivity contribution in [2.24, 2.45) is 5.92 Å². The molecule has 1 saturated carbocycles. The van der Waals surface area contributed by atoms with E-state index in [9.17, 15) is 5.11 Å². The van der Waals surface area contributed by atoms with Crippen LogP contribution in [0.25, 0.3) is 0 Å². The van der Waals surface area contributed by atoms with E-state index in [1.807, 2.05) is 36.4 Å². The van der Waals surface area contributed by atoms with Gasteiger partial charge < -0.3 is 19.0 Å². The van der Waals surface area contributed by atoms with E-state index in [0.29, 0.717) is 13.2 Å². The Morgan fingerprint density at radius 3 is 1.77 bits per heavy atom. The Morgan fingerprint density at radius 1 is 0.839 bits per heavy atom. The molecule has 0 aliphatic heterocycles. The van der Waals surface area contributed by atoms with Crippen LogP contribution in [0.5, 0.6) is 0 Å². The maximum Gasteiger partial charge on any atom is 0.192 e. The molecule has 0 saturated heterocycles. The van der Waals surface area contributed by atoms with Crippen molar-refractivity contribution in [3.8, 4) is 0 Å². The molecule has 0 heterocycles. The molecule has 0 bridgehead atoms. The van der Waals surface area contributed by atoms with Gasteiger partial charge in [-0.2, -0.15) is 0 Å². The Labute approximate surface area is 188 Å². The second-order valence-corrected chi connectivity index (χ2v) is 14.9. The fourth-order valence-corrected chi connectivity index (χ4v) is 5.20.